The van der Waals surface area contributed by atoms with E-state index < -0.39 is 89.5 Å². The molecule has 3 rings (SSSR count). The molecule has 0 radical (unpaired) electrons. The van der Waals surface area contributed by atoms with Crippen molar-refractivity contribution in [1.29, 1.82) is 0 Å². The minimum absolute atomic E-state index is 0.0423. The van der Waals surface area contributed by atoms with E-state index in [1.165, 1.54) is 20.8 Å². The summed E-state index contributed by atoms with van der Waals surface area (Å²) in [5.74, 6) is -5.57. The van der Waals surface area contributed by atoms with Gasteiger partial charge in [0.15, 0.2) is 12.1 Å². The molecule has 15 heteroatoms. The van der Waals surface area contributed by atoms with Crippen molar-refractivity contribution in [3.05, 3.63) is 30.1 Å². The molecule has 2 fully saturated rings. The van der Waals surface area contributed by atoms with E-state index in [0.717, 1.165) is 24.8 Å². The van der Waals surface area contributed by atoms with Crippen molar-refractivity contribution in [2.75, 3.05) is 33.8 Å². The molecule has 6 N–H and O–H groups in total. The molecule has 0 aliphatic carbocycles. The first kappa shape index (κ1) is 47.8. The summed E-state index contributed by atoms with van der Waals surface area (Å²) in [5.41, 5.74) is -2.30. The summed E-state index contributed by atoms with van der Waals surface area (Å²) in [5, 5.41) is 51.5. The maximum absolute atomic E-state index is 14.3. The van der Waals surface area contributed by atoms with Gasteiger partial charge in [0.1, 0.15) is 23.7 Å². The maximum Gasteiger partial charge on any atom is 0.316 e. The number of aromatic nitrogens is 1. The number of nitrogens with zero attached hydrogens (tertiary/aromatic N) is 2. The van der Waals surface area contributed by atoms with Crippen LogP contribution in [0.25, 0.3) is 0 Å². The lowest BCUT2D eigenvalue weighted by Gasteiger charge is -2.47. The van der Waals surface area contributed by atoms with Crippen molar-refractivity contribution in [3.63, 3.8) is 0 Å². The quantitative estimate of drug-likeness (QED) is 0.0902. The Hall–Kier alpha value is -2.60. The van der Waals surface area contributed by atoms with Gasteiger partial charge in [0.25, 0.3) is 0 Å². The number of Topliss-reactive ketones (excluding diaryl/α,β-unsaturated/α-hetero) is 1. The molecule has 2 aliphatic heterocycles. The van der Waals surface area contributed by atoms with Crippen molar-refractivity contribution in [2.24, 2.45) is 17.8 Å². The lowest BCUT2D eigenvalue weighted by atomic mass is 9.79. The number of likely N-dealkylation sites (N-methyl/N-ethyl adjacent to an activating group) is 1. The van der Waals surface area contributed by atoms with Gasteiger partial charge in [-0.15, -0.1) is 0 Å². The van der Waals surface area contributed by atoms with Crippen LogP contribution in [0.4, 0.5) is 0 Å². The molecule has 0 spiro atoms. The smallest absolute Gasteiger partial charge is 0.316 e. The topological polar surface area (TPSA) is 209 Å². The monoisotopic (exact) mass is 795 g/mol. The zero-order valence-electron chi connectivity index (χ0n) is 35.1. The Kier molecular flexibility index (Phi) is 18.3. The first-order valence-corrected chi connectivity index (χ1v) is 20.2. The van der Waals surface area contributed by atoms with Crippen LogP contribution in [0.3, 0.4) is 0 Å². The number of unbranched alkanes of at least 4 members (excludes halogenated alkanes) is 1. The third-order valence-electron chi connectivity index (χ3n) is 11.5. The highest BCUT2D eigenvalue weighted by Gasteiger charge is 2.51. The Morgan fingerprint density at radius 2 is 1.79 bits per heavy atom. The zero-order valence-corrected chi connectivity index (χ0v) is 35.1. The Bertz CT molecular complexity index is 1390. The average molecular weight is 795 g/mol. The number of ketones is 1. The van der Waals surface area contributed by atoms with Crippen molar-refractivity contribution in [2.45, 2.75) is 160 Å². The molecule has 320 valence electrons. The number of amides is 1. The minimum Gasteiger partial charge on any atom is -0.459 e. The molecule has 14 atom stereocenters. The third kappa shape index (κ3) is 12.7. The molecule has 56 heavy (non-hydrogen) atoms. The van der Waals surface area contributed by atoms with Crippen molar-refractivity contribution in [3.8, 4) is 0 Å². The van der Waals surface area contributed by atoms with Crippen LogP contribution in [-0.2, 0) is 39.8 Å². The van der Waals surface area contributed by atoms with Crippen LogP contribution in [0.2, 0.25) is 0 Å². The Labute approximate surface area is 333 Å². The van der Waals surface area contributed by atoms with Crippen molar-refractivity contribution in [1.82, 2.24) is 20.5 Å². The van der Waals surface area contributed by atoms with Gasteiger partial charge in [0, 0.05) is 36.9 Å². The van der Waals surface area contributed by atoms with Gasteiger partial charge in [-0.05, 0) is 105 Å². The molecule has 0 bridgehead atoms. The van der Waals surface area contributed by atoms with E-state index in [1.807, 2.05) is 44.2 Å². The van der Waals surface area contributed by atoms with Gasteiger partial charge in [-0.25, -0.2) is 0 Å². The number of aliphatic hydroxyl groups is 4. The van der Waals surface area contributed by atoms with E-state index in [4.69, 9.17) is 18.9 Å². The molecular weight excluding hydrogens is 724 g/mol. The summed E-state index contributed by atoms with van der Waals surface area (Å²) < 4.78 is 25.1. The molecule has 0 aromatic carbocycles. The summed E-state index contributed by atoms with van der Waals surface area (Å²) >= 11 is 0. The number of carbonyl (C=O) groups is 3. The van der Waals surface area contributed by atoms with Crippen LogP contribution >= 0.6 is 0 Å². The van der Waals surface area contributed by atoms with E-state index >= 15 is 0 Å². The zero-order chi connectivity index (χ0) is 42.0. The van der Waals surface area contributed by atoms with E-state index in [-0.39, 0.29) is 38.1 Å². The van der Waals surface area contributed by atoms with E-state index in [0.29, 0.717) is 13.0 Å². The summed E-state index contributed by atoms with van der Waals surface area (Å²) in [6.07, 6.45) is -0.656. The highest BCUT2D eigenvalue weighted by molar-refractivity contribution is 6.00. The van der Waals surface area contributed by atoms with Gasteiger partial charge < -0.3 is 54.9 Å². The second-order valence-electron chi connectivity index (χ2n) is 16.7. The number of aryl methyl sites for hydroxylation is 1. The van der Waals surface area contributed by atoms with Gasteiger partial charge in [-0.1, -0.05) is 26.8 Å². The van der Waals surface area contributed by atoms with Gasteiger partial charge in [-0.3, -0.25) is 19.4 Å². The second-order valence-corrected chi connectivity index (χ2v) is 16.7. The van der Waals surface area contributed by atoms with Crippen molar-refractivity contribution < 1.29 is 53.8 Å². The van der Waals surface area contributed by atoms with Gasteiger partial charge in [0.05, 0.1) is 42.5 Å². The first-order valence-electron chi connectivity index (χ1n) is 20.2. The largest absolute Gasteiger partial charge is 0.459 e. The highest BCUT2D eigenvalue weighted by atomic mass is 16.7. The lowest BCUT2D eigenvalue weighted by Crippen LogP contribution is -2.60. The van der Waals surface area contributed by atoms with Gasteiger partial charge >= 0.3 is 5.97 Å². The second kappa shape index (κ2) is 21.4. The number of rotatable bonds is 14. The maximum atomic E-state index is 14.3. The molecule has 15 nitrogen and oxygen atoms in total. The van der Waals surface area contributed by atoms with Crippen LogP contribution in [0.15, 0.2) is 24.5 Å². The van der Waals surface area contributed by atoms with E-state index in [1.54, 1.807) is 33.9 Å². The minimum atomic E-state index is -2.03. The van der Waals surface area contributed by atoms with Crippen LogP contribution in [-0.4, -0.2) is 148 Å². The predicted octanol–water partition coefficient (Wildman–Crippen LogP) is 1.76. The Morgan fingerprint density at radius 1 is 1.09 bits per heavy atom. The molecule has 1 amide bonds. The molecule has 2 saturated heterocycles. The number of nitrogens with one attached hydrogen (secondary N) is 2. The van der Waals surface area contributed by atoms with Crippen LogP contribution in [0.5, 0.6) is 0 Å². The standard InChI is InChI=1S/C41H70N4O11/c1-11-32-41(8,52)35(49)28(6)37(50)44-24(2)20-40(7,53-23-30(46)22-43-17-13-12-15-29-16-14-18-42-21-29)36(26(4)33(47)27(5)38(51)55-32)56-39-34(48)31(45(9)10)19-25(3)54-39/h14,16,18,21,24-28,30-32,34-36,39,43,46,48-49,52H,11-13,15,17,19-20,22-23H2,1-10H3,(H,44,50)/t24-,25-,26+,27-,28-,30?,31+,32-,34-,35-,36-,39+,40-,41-/m1/s1. The third-order valence-corrected chi connectivity index (χ3v) is 11.5. The number of ether oxygens (including phenoxy) is 4. The molecule has 1 aromatic rings. The fraction of sp³-hybridized carbons (Fsp3) is 0.805. The van der Waals surface area contributed by atoms with Gasteiger partial charge in [-0.2, -0.15) is 0 Å². The first-order chi connectivity index (χ1) is 26.2. The number of esters is 1. The number of pyridine rings is 1. The Balaban J connectivity index is 1.95. The lowest BCUT2D eigenvalue weighted by molar-refractivity contribution is -0.298. The molecule has 1 aromatic heterocycles. The summed E-state index contributed by atoms with van der Waals surface area (Å²) in [6.45, 7) is 13.5. The fourth-order valence-corrected chi connectivity index (χ4v) is 7.98. The molecule has 3 heterocycles. The van der Waals surface area contributed by atoms with E-state index in [2.05, 4.69) is 15.6 Å². The molecule has 1 unspecified atom stereocenters. The molecule has 2 aliphatic rings. The summed E-state index contributed by atoms with van der Waals surface area (Å²) in [6, 6.07) is 2.97. The highest BCUT2D eigenvalue weighted by Crippen LogP contribution is 2.36. The SMILES string of the molecule is CC[C@H]1OC(=O)[C@H](C)C(=O)[C@H](C)[C@@H](O[C@@H]2O[C@H](C)C[C@H](N(C)C)[C@H]2O)[C@](C)(OCC(O)CNCCCCc2cccnc2)C[C@@H](C)NC(=O)[C@H](C)[C@@H](O)[C@]1(C)O. The van der Waals surface area contributed by atoms with Crippen LogP contribution in [0.1, 0.15) is 93.1 Å². The van der Waals surface area contributed by atoms with Crippen molar-refractivity contribution >= 4 is 17.7 Å². The molecular formula is C41H70N4O11. The number of cyclic esters (lactones) is 1. The number of hydrogen-bond acceptors (Lipinski definition) is 14. The summed E-state index contributed by atoms with van der Waals surface area (Å²) in [4.78, 5) is 47.5. The number of aliphatic hydroxyl groups excluding tert-OH is 3. The van der Waals surface area contributed by atoms with E-state index in [9.17, 15) is 34.8 Å². The van der Waals surface area contributed by atoms with Crippen LogP contribution < -0.4 is 10.6 Å². The Morgan fingerprint density at radius 3 is 2.41 bits per heavy atom. The predicted molar refractivity (Wildman–Crippen MR) is 209 cm³/mol. The average Bonchev–Trinajstić information content (AvgIpc) is 3.15. The van der Waals surface area contributed by atoms with Gasteiger partial charge in [0.2, 0.25) is 5.91 Å². The summed E-state index contributed by atoms with van der Waals surface area (Å²) in [7, 11) is 3.69. The normalized spacial score (nSPS) is 37.3. The fourth-order valence-electron chi connectivity index (χ4n) is 7.98. The number of hydrogen-bond donors (Lipinski definition) is 6. The van der Waals surface area contributed by atoms with Crippen LogP contribution in [0, 0.1) is 17.8 Å². The molecule has 0 saturated carbocycles. The number of carbonyl (C=O) groups excluding carboxylic acids is 3.